The fraction of sp³-hybridized carbons (Fsp3) is 0.167. The Bertz CT molecular complexity index is 915. The van der Waals surface area contributed by atoms with Gasteiger partial charge in [0.1, 0.15) is 0 Å². The Morgan fingerprint density at radius 1 is 1.15 bits per heavy atom. The Morgan fingerprint density at radius 3 is 2.63 bits per heavy atom. The Hall–Kier alpha value is -3.49. The molecule has 3 aromatic rings. The van der Waals surface area contributed by atoms with Gasteiger partial charge in [0.05, 0.1) is 12.7 Å². The normalized spacial score (nSPS) is 10.7. The highest BCUT2D eigenvalue weighted by molar-refractivity contribution is 5.89. The summed E-state index contributed by atoms with van der Waals surface area (Å²) in [6.45, 7) is -3.18. The molecule has 0 aliphatic heterocycles. The van der Waals surface area contributed by atoms with Crippen LogP contribution in [0.3, 0.4) is 0 Å². The Morgan fingerprint density at radius 2 is 1.93 bits per heavy atom. The zero-order valence-corrected chi connectivity index (χ0v) is 14.1. The first-order valence-electron chi connectivity index (χ1n) is 7.75. The third kappa shape index (κ3) is 4.57. The van der Waals surface area contributed by atoms with Crippen LogP contribution in [0.25, 0.3) is 11.4 Å². The Balaban J connectivity index is 1.69. The second-order valence-corrected chi connectivity index (χ2v) is 5.20. The number of benzene rings is 2. The van der Waals surface area contributed by atoms with Gasteiger partial charge >= 0.3 is 12.6 Å². The average molecular weight is 376 g/mol. The van der Waals surface area contributed by atoms with Crippen molar-refractivity contribution >= 4 is 5.97 Å². The number of ether oxygens (including phenoxy) is 3. The number of carbonyl (C=O) groups excluding carboxylic acids is 1. The predicted octanol–water partition coefficient (Wildman–Crippen LogP) is 3.70. The van der Waals surface area contributed by atoms with Crippen molar-refractivity contribution in [3.8, 4) is 22.9 Å². The van der Waals surface area contributed by atoms with E-state index in [4.69, 9.17) is 14.0 Å². The van der Waals surface area contributed by atoms with E-state index in [1.807, 2.05) is 0 Å². The van der Waals surface area contributed by atoms with Crippen molar-refractivity contribution in [2.75, 3.05) is 7.11 Å². The SMILES string of the molecule is COc1cc(-c2noc(COC(=O)c3ccccc3)n2)ccc1OC(F)F. The first-order valence-corrected chi connectivity index (χ1v) is 7.75. The van der Waals surface area contributed by atoms with Gasteiger partial charge in [-0.2, -0.15) is 13.8 Å². The second-order valence-electron chi connectivity index (χ2n) is 5.20. The van der Waals surface area contributed by atoms with Crippen LogP contribution in [0.2, 0.25) is 0 Å². The highest BCUT2D eigenvalue weighted by Crippen LogP contribution is 2.32. The minimum atomic E-state index is -2.97. The summed E-state index contributed by atoms with van der Waals surface area (Å²) in [5.74, 6) is -0.277. The van der Waals surface area contributed by atoms with Crippen molar-refractivity contribution in [1.29, 1.82) is 0 Å². The van der Waals surface area contributed by atoms with E-state index in [-0.39, 0.29) is 29.8 Å². The topological polar surface area (TPSA) is 83.7 Å². The molecule has 140 valence electrons. The number of halogens is 2. The summed E-state index contributed by atoms with van der Waals surface area (Å²) in [6.07, 6.45) is 0. The van der Waals surface area contributed by atoms with Crippen LogP contribution in [0.5, 0.6) is 11.5 Å². The number of esters is 1. The van der Waals surface area contributed by atoms with Crippen molar-refractivity contribution in [2.45, 2.75) is 13.2 Å². The predicted molar refractivity (Wildman–Crippen MR) is 88.5 cm³/mol. The van der Waals surface area contributed by atoms with Crippen molar-refractivity contribution in [2.24, 2.45) is 0 Å². The third-order valence-corrected chi connectivity index (χ3v) is 3.44. The monoisotopic (exact) mass is 376 g/mol. The van der Waals surface area contributed by atoms with Crippen LogP contribution in [-0.2, 0) is 11.3 Å². The van der Waals surface area contributed by atoms with E-state index in [1.54, 1.807) is 30.3 Å². The standard InChI is InChI=1S/C18H14F2N2O5/c1-24-14-9-12(7-8-13(14)26-18(19)20)16-21-15(27-22-16)10-25-17(23)11-5-3-2-4-6-11/h2-9,18H,10H2,1H3. The molecule has 0 unspecified atom stereocenters. The van der Waals surface area contributed by atoms with Gasteiger partial charge in [-0.3, -0.25) is 0 Å². The number of alkyl halides is 2. The maximum Gasteiger partial charge on any atom is 0.387 e. The summed E-state index contributed by atoms with van der Waals surface area (Å²) in [7, 11) is 1.32. The summed E-state index contributed by atoms with van der Waals surface area (Å²) < 4.78 is 44.3. The molecule has 0 spiro atoms. The largest absolute Gasteiger partial charge is 0.493 e. The van der Waals surface area contributed by atoms with Gasteiger partial charge in [0.2, 0.25) is 5.82 Å². The molecule has 7 nitrogen and oxygen atoms in total. The van der Waals surface area contributed by atoms with Gasteiger partial charge in [0.15, 0.2) is 18.1 Å². The molecular weight excluding hydrogens is 362 g/mol. The average Bonchev–Trinajstić information content (AvgIpc) is 3.15. The lowest BCUT2D eigenvalue weighted by atomic mass is 10.2. The number of methoxy groups -OCH3 is 1. The van der Waals surface area contributed by atoms with E-state index in [0.717, 1.165) is 0 Å². The van der Waals surface area contributed by atoms with Gasteiger partial charge in [-0.25, -0.2) is 4.79 Å². The molecule has 27 heavy (non-hydrogen) atoms. The zero-order valence-electron chi connectivity index (χ0n) is 14.1. The van der Waals surface area contributed by atoms with Crippen LogP contribution in [0.4, 0.5) is 8.78 Å². The molecule has 0 radical (unpaired) electrons. The minimum Gasteiger partial charge on any atom is -0.493 e. The molecule has 3 rings (SSSR count). The quantitative estimate of drug-likeness (QED) is 0.581. The summed E-state index contributed by atoms with van der Waals surface area (Å²) in [4.78, 5) is 16.0. The lowest BCUT2D eigenvalue weighted by Gasteiger charge is -2.10. The number of hydrogen-bond donors (Lipinski definition) is 0. The van der Waals surface area contributed by atoms with E-state index < -0.39 is 12.6 Å². The van der Waals surface area contributed by atoms with Crippen LogP contribution < -0.4 is 9.47 Å². The molecule has 9 heteroatoms. The molecule has 0 aliphatic rings. The maximum absolute atomic E-state index is 12.4. The second kappa shape index (κ2) is 8.26. The zero-order chi connectivity index (χ0) is 19.2. The molecule has 0 fully saturated rings. The molecule has 1 heterocycles. The summed E-state index contributed by atoms with van der Waals surface area (Å²) in [6, 6.07) is 12.7. The van der Waals surface area contributed by atoms with Crippen LogP contribution in [0.15, 0.2) is 53.1 Å². The molecule has 2 aromatic carbocycles. The first-order chi connectivity index (χ1) is 13.1. The lowest BCUT2D eigenvalue weighted by Crippen LogP contribution is -2.05. The summed E-state index contributed by atoms with van der Waals surface area (Å²) in [5, 5.41) is 3.78. The maximum atomic E-state index is 12.4. The third-order valence-electron chi connectivity index (χ3n) is 3.44. The van der Waals surface area contributed by atoms with Gasteiger partial charge in [0, 0.05) is 5.56 Å². The fourth-order valence-corrected chi connectivity index (χ4v) is 2.22. The molecule has 0 saturated carbocycles. The number of rotatable bonds is 7. The lowest BCUT2D eigenvalue weighted by molar-refractivity contribution is -0.0512. The van der Waals surface area contributed by atoms with E-state index in [1.165, 1.54) is 25.3 Å². The smallest absolute Gasteiger partial charge is 0.387 e. The minimum absolute atomic E-state index is 0.0844. The number of carbonyl (C=O) groups is 1. The molecule has 0 atom stereocenters. The Labute approximate surface area is 152 Å². The van der Waals surface area contributed by atoms with Crippen molar-refractivity contribution in [1.82, 2.24) is 10.1 Å². The summed E-state index contributed by atoms with van der Waals surface area (Å²) >= 11 is 0. The van der Waals surface area contributed by atoms with Crippen LogP contribution in [0, 0.1) is 0 Å². The van der Waals surface area contributed by atoms with Crippen LogP contribution in [0.1, 0.15) is 16.2 Å². The van der Waals surface area contributed by atoms with Gasteiger partial charge in [-0.15, -0.1) is 0 Å². The van der Waals surface area contributed by atoms with Gasteiger partial charge in [0.25, 0.3) is 5.89 Å². The van der Waals surface area contributed by atoms with E-state index in [0.29, 0.717) is 11.1 Å². The van der Waals surface area contributed by atoms with Crippen molar-refractivity contribution in [3.05, 3.63) is 60.0 Å². The molecule has 0 bridgehead atoms. The van der Waals surface area contributed by atoms with Crippen molar-refractivity contribution in [3.63, 3.8) is 0 Å². The van der Waals surface area contributed by atoms with E-state index >= 15 is 0 Å². The number of aromatic nitrogens is 2. The van der Waals surface area contributed by atoms with Gasteiger partial charge < -0.3 is 18.7 Å². The summed E-state index contributed by atoms with van der Waals surface area (Å²) in [5.41, 5.74) is 0.856. The number of hydrogen-bond acceptors (Lipinski definition) is 7. The molecule has 0 amide bonds. The van der Waals surface area contributed by atoms with Crippen LogP contribution in [-0.4, -0.2) is 29.8 Å². The highest BCUT2D eigenvalue weighted by atomic mass is 19.3. The molecule has 0 N–H and O–H groups in total. The van der Waals surface area contributed by atoms with Crippen molar-refractivity contribution < 1.29 is 32.3 Å². The molecular formula is C18H14F2N2O5. The first kappa shape index (κ1) is 18.3. The Kier molecular flexibility index (Phi) is 5.60. The van der Waals surface area contributed by atoms with Gasteiger partial charge in [-0.1, -0.05) is 23.4 Å². The van der Waals surface area contributed by atoms with Crippen LogP contribution >= 0.6 is 0 Å². The fourth-order valence-electron chi connectivity index (χ4n) is 2.22. The molecule has 0 aliphatic carbocycles. The molecule has 1 aromatic heterocycles. The molecule has 0 saturated heterocycles. The van der Waals surface area contributed by atoms with E-state index in [2.05, 4.69) is 14.9 Å². The van der Waals surface area contributed by atoms with E-state index in [9.17, 15) is 13.6 Å². The highest BCUT2D eigenvalue weighted by Gasteiger charge is 2.16. The number of nitrogens with zero attached hydrogens (tertiary/aromatic N) is 2. The van der Waals surface area contributed by atoms with Gasteiger partial charge in [-0.05, 0) is 30.3 Å².